The minimum absolute atomic E-state index is 0.0883. The number of hydrogen-bond donors (Lipinski definition) is 3. The summed E-state index contributed by atoms with van der Waals surface area (Å²) in [6.45, 7) is 0.00937. The molecule has 0 bridgehead atoms. The Labute approximate surface area is 172 Å². The van der Waals surface area contributed by atoms with Crippen LogP contribution in [-0.2, 0) is 0 Å². The van der Waals surface area contributed by atoms with Crippen LogP contribution in [0.1, 0.15) is 10.4 Å². The van der Waals surface area contributed by atoms with Gasteiger partial charge in [-0.3, -0.25) is 14.9 Å². The molecule has 154 valence electrons. The topological polar surface area (TPSA) is 134 Å². The van der Waals surface area contributed by atoms with Crippen LogP contribution in [0.4, 0.5) is 28.8 Å². The molecule has 10 nitrogen and oxygen atoms in total. The van der Waals surface area contributed by atoms with E-state index in [0.29, 0.717) is 16.9 Å². The van der Waals surface area contributed by atoms with Crippen molar-refractivity contribution in [3.05, 3.63) is 76.5 Å². The molecule has 0 unspecified atom stereocenters. The van der Waals surface area contributed by atoms with E-state index in [-0.39, 0.29) is 36.5 Å². The van der Waals surface area contributed by atoms with Gasteiger partial charge in [-0.25, -0.2) is 4.98 Å². The molecule has 2 aromatic carbocycles. The number of para-hydroxylation sites is 1. The van der Waals surface area contributed by atoms with Crippen molar-refractivity contribution in [1.29, 1.82) is 0 Å². The molecule has 3 rings (SSSR count). The molecule has 0 aliphatic heterocycles. The van der Waals surface area contributed by atoms with Crippen LogP contribution in [0.25, 0.3) is 0 Å². The van der Waals surface area contributed by atoms with Gasteiger partial charge in [0, 0.05) is 30.5 Å². The van der Waals surface area contributed by atoms with E-state index in [0.717, 1.165) is 6.20 Å². The maximum Gasteiger partial charge on any atom is 0.329 e. The fraction of sp³-hybridized carbons (Fsp3) is 0.150. The number of nitrogens with one attached hydrogen (secondary N) is 2. The average Bonchev–Trinajstić information content (AvgIpc) is 2.75. The van der Waals surface area contributed by atoms with Gasteiger partial charge in [0.2, 0.25) is 11.8 Å². The van der Waals surface area contributed by atoms with E-state index >= 15 is 0 Å². The molecule has 1 heterocycles. The summed E-state index contributed by atoms with van der Waals surface area (Å²) in [5.41, 5.74) is 1.52. The first-order valence-electron chi connectivity index (χ1n) is 9.05. The zero-order valence-corrected chi connectivity index (χ0v) is 16.1. The average molecular weight is 408 g/mol. The molecule has 1 aromatic heterocycles. The first-order valence-corrected chi connectivity index (χ1v) is 9.05. The molecule has 3 N–H and O–H groups in total. The third-order valence-electron chi connectivity index (χ3n) is 4.18. The number of aliphatic hydroxyl groups excluding tert-OH is 1. The first kappa shape index (κ1) is 20.7. The maximum atomic E-state index is 12.3. The summed E-state index contributed by atoms with van der Waals surface area (Å²) in [7, 11) is 1.59. The number of nitro groups is 1. The van der Waals surface area contributed by atoms with E-state index < -0.39 is 4.92 Å². The second-order valence-corrected chi connectivity index (χ2v) is 6.33. The molecule has 0 atom stereocenters. The fourth-order valence-electron chi connectivity index (χ4n) is 2.65. The number of nitrogens with zero attached hydrogens (tertiary/aromatic N) is 4. The maximum absolute atomic E-state index is 12.3. The molecular formula is C20H20N6O4. The normalized spacial score (nSPS) is 10.3. The largest absolute Gasteiger partial charge is 0.395 e. The summed E-state index contributed by atoms with van der Waals surface area (Å²) in [5, 5.41) is 26.1. The Morgan fingerprint density at radius 3 is 2.47 bits per heavy atom. The summed E-state index contributed by atoms with van der Waals surface area (Å²) in [4.78, 5) is 32.6. The SMILES string of the molecule is CN(CCO)c1nc(Nc2ccc(C(=O)Nc3ccccc3)cc2)ncc1[N+](=O)[O-]. The number of anilines is 4. The number of amides is 1. The van der Waals surface area contributed by atoms with Crippen molar-refractivity contribution in [3.63, 3.8) is 0 Å². The van der Waals surface area contributed by atoms with Gasteiger partial charge in [0.05, 0.1) is 11.5 Å². The van der Waals surface area contributed by atoms with Crippen LogP contribution in [0, 0.1) is 10.1 Å². The number of hydrogen-bond acceptors (Lipinski definition) is 8. The van der Waals surface area contributed by atoms with Gasteiger partial charge in [-0.1, -0.05) is 18.2 Å². The van der Waals surface area contributed by atoms with Crippen LogP contribution in [0.15, 0.2) is 60.8 Å². The van der Waals surface area contributed by atoms with Crippen molar-refractivity contribution in [1.82, 2.24) is 9.97 Å². The number of likely N-dealkylation sites (N-methyl/N-ethyl adjacent to an activating group) is 1. The van der Waals surface area contributed by atoms with Gasteiger partial charge in [-0.15, -0.1) is 0 Å². The van der Waals surface area contributed by atoms with E-state index in [2.05, 4.69) is 20.6 Å². The zero-order chi connectivity index (χ0) is 21.5. The molecule has 0 spiro atoms. The second kappa shape index (κ2) is 9.43. The van der Waals surface area contributed by atoms with Crippen LogP contribution in [0.2, 0.25) is 0 Å². The number of carbonyl (C=O) groups is 1. The van der Waals surface area contributed by atoms with Gasteiger partial charge < -0.3 is 20.6 Å². The van der Waals surface area contributed by atoms with Crippen LogP contribution < -0.4 is 15.5 Å². The van der Waals surface area contributed by atoms with E-state index in [1.807, 2.05) is 18.2 Å². The summed E-state index contributed by atoms with van der Waals surface area (Å²) < 4.78 is 0. The summed E-state index contributed by atoms with van der Waals surface area (Å²) in [6.07, 6.45) is 1.11. The molecule has 0 saturated carbocycles. The Hall–Kier alpha value is -4.05. The molecule has 0 radical (unpaired) electrons. The lowest BCUT2D eigenvalue weighted by Crippen LogP contribution is -2.23. The predicted molar refractivity (Wildman–Crippen MR) is 113 cm³/mol. The Kier molecular flexibility index (Phi) is 6.50. The molecule has 3 aromatic rings. The Balaban J connectivity index is 1.74. The Bertz CT molecular complexity index is 1030. The van der Waals surface area contributed by atoms with E-state index in [4.69, 9.17) is 5.11 Å². The van der Waals surface area contributed by atoms with Crippen molar-refractivity contribution >= 4 is 34.7 Å². The lowest BCUT2D eigenvalue weighted by molar-refractivity contribution is -0.384. The minimum Gasteiger partial charge on any atom is -0.395 e. The highest BCUT2D eigenvalue weighted by molar-refractivity contribution is 6.04. The Morgan fingerprint density at radius 1 is 1.13 bits per heavy atom. The van der Waals surface area contributed by atoms with Crippen molar-refractivity contribution in [2.45, 2.75) is 0 Å². The number of aliphatic hydroxyl groups is 1. The first-order chi connectivity index (χ1) is 14.5. The van der Waals surface area contributed by atoms with Crippen molar-refractivity contribution in [2.75, 3.05) is 35.7 Å². The molecule has 0 aliphatic carbocycles. The van der Waals surface area contributed by atoms with Crippen LogP contribution >= 0.6 is 0 Å². The Morgan fingerprint density at radius 2 is 1.83 bits per heavy atom. The predicted octanol–water partition coefficient (Wildman–Crippen LogP) is 2.81. The van der Waals surface area contributed by atoms with E-state index in [1.54, 1.807) is 43.4 Å². The number of benzene rings is 2. The van der Waals surface area contributed by atoms with Crippen molar-refractivity contribution in [2.24, 2.45) is 0 Å². The molecule has 30 heavy (non-hydrogen) atoms. The summed E-state index contributed by atoms with van der Waals surface area (Å²) in [5.74, 6) is -0.000429. The lowest BCUT2D eigenvalue weighted by atomic mass is 10.2. The van der Waals surface area contributed by atoms with Gasteiger partial charge in [-0.05, 0) is 36.4 Å². The van der Waals surface area contributed by atoms with E-state index in [9.17, 15) is 14.9 Å². The molecule has 10 heteroatoms. The minimum atomic E-state index is -0.576. The molecule has 0 fully saturated rings. The number of carbonyl (C=O) groups excluding carboxylic acids is 1. The van der Waals surface area contributed by atoms with Crippen molar-refractivity contribution in [3.8, 4) is 0 Å². The highest BCUT2D eigenvalue weighted by atomic mass is 16.6. The molecule has 0 aliphatic rings. The van der Waals surface area contributed by atoms with Gasteiger partial charge in [0.25, 0.3) is 5.91 Å². The number of aromatic nitrogens is 2. The fourth-order valence-corrected chi connectivity index (χ4v) is 2.65. The second-order valence-electron chi connectivity index (χ2n) is 6.33. The third-order valence-corrected chi connectivity index (χ3v) is 4.18. The van der Waals surface area contributed by atoms with Gasteiger partial charge >= 0.3 is 5.69 Å². The molecule has 0 saturated heterocycles. The molecule has 1 amide bonds. The van der Waals surface area contributed by atoms with Gasteiger partial charge in [0.1, 0.15) is 6.20 Å². The monoisotopic (exact) mass is 408 g/mol. The van der Waals surface area contributed by atoms with Gasteiger partial charge in [-0.2, -0.15) is 4.98 Å². The number of rotatable bonds is 8. The standard InChI is InChI=1S/C20H20N6O4/c1-25(11-12-27)18-17(26(29)30)13-21-20(24-18)23-16-9-7-14(8-10-16)19(28)22-15-5-3-2-4-6-15/h2-10,13,27H,11-12H2,1H3,(H,22,28)(H,21,23,24). The third kappa shape index (κ3) is 5.06. The summed E-state index contributed by atoms with van der Waals surface area (Å²) in [6, 6.07) is 15.8. The molecular weight excluding hydrogens is 388 g/mol. The van der Waals surface area contributed by atoms with Crippen LogP contribution in [0.3, 0.4) is 0 Å². The van der Waals surface area contributed by atoms with Crippen molar-refractivity contribution < 1.29 is 14.8 Å². The highest BCUT2D eigenvalue weighted by Crippen LogP contribution is 2.26. The van der Waals surface area contributed by atoms with Crippen LogP contribution in [-0.4, -0.2) is 46.1 Å². The quantitative estimate of drug-likeness (QED) is 0.383. The lowest BCUT2D eigenvalue weighted by Gasteiger charge is -2.17. The van der Waals surface area contributed by atoms with Gasteiger partial charge in [0.15, 0.2) is 0 Å². The van der Waals surface area contributed by atoms with E-state index in [1.165, 1.54) is 4.90 Å². The zero-order valence-electron chi connectivity index (χ0n) is 16.1. The van der Waals surface area contributed by atoms with Crippen LogP contribution in [0.5, 0.6) is 0 Å². The highest BCUT2D eigenvalue weighted by Gasteiger charge is 2.20. The smallest absolute Gasteiger partial charge is 0.329 e. The summed E-state index contributed by atoms with van der Waals surface area (Å²) >= 11 is 0.